The van der Waals surface area contributed by atoms with Crippen molar-refractivity contribution in [2.45, 2.75) is 18.9 Å². The molecule has 8 heteroatoms. The molecule has 2 N–H and O–H groups in total. The van der Waals surface area contributed by atoms with Crippen LogP contribution in [-0.2, 0) is 18.9 Å². The van der Waals surface area contributed by atoms with Crippen LogP contribution in [0.3, 0.4) is 0 Å². The van der Waals surface area contributed by atoms with E-state index in [1.165, 1.54) is 0 Å². The summed E-state index contributed by atoms with van der Waals surface area (Å²) in [5.74, 6) is -0.889. The molecule has 0 aliphatic heterocycles. The molecule has 0 aliphatic carbocycles. The van der Waals surface area contributed by atoms with Gasteiger partial charge in [-0.1, -0.05) is 0 Å². The predicted molar refractivity (Wildman–Crippen MR) is 50.9 cm³/mol. The van der Waals surface area contributed by atoms with Crippen LogP contribution in [0.2, 0.25) is 0 Å². The van der Waals surface area contributed by atoms with Gasteiger partial charge < -0.3 is 10.5 Å². The number of ether oxygens (including phenoxy) is 1. The summed E-state index contributed by atoms with van der Waals surface area (Å²) in [6.45, 7) is -0.706. The molecule has 0 radical (unpaired) electrons. The minimum atomic E-state index is -4.81. The number of hydrogen-bond acceptors (Lipinski definition) is 2. The summed E-state index contributed by atoms with van der Waals surface area (Å²) in [6, 6.07) is 0.689. The lowest BCUT2D eigenvalue weighted by atomic mass is 10.0. The van der Waals surface area contributed by atoms with Gasteiger partial charge in [-0.15, -0.1) is 0 Å². The minimum Gasteiger partial charge on any atom is -0.496 e. The summed E-state index contributed by atoms with van der Waals surface area (Å²) in [4.78, 5) is 0. The van der Waals surface area contributed by atoms with Crippen molar-refractivity contribution >= 4 is 0 Å². The Hall–Kier alpha value is -1.44. The smallest absolute Gasteiger partial charge is 0.419 e. The largest absolute Gasteiger partial charge is 0.496 e. The molecular weight excluding hydrogens is 264 g/mol. The Morgan fingerprint density at radius 3 is 1.78 bits per heavy atom. The monoisotopic (exact) mass is 273 g/mol. The molecule has 0 fully saturated rings. The van der Waals surface area contributed by atoms with Gasteiger partial charge in [0.25, 0.3) is 0 Å². The molecule has 1 aromatic rings. The molecular formula is C10H9F6NO. The summed E-state index contributed by atoms with van der Waals surface area (Å²) in [5.41, 5.74) is 1.87. The second-order valence-electron chi connectivity index (χ2n) is 3.37. The number of hydrogen-bond donors (Lipinski definition) is 1. The molecule has 0 bridgehead atoms. The van der Waals surface area contributed by atoms with Crippen molar-refractivity contribution in [1.82, 2.24) is 0 Å². The highest BCUT2D eigenvalue weighted by Crippen LogP contribution is 2.43. The van der Waals surface area contributed by atoms with Crippen LogP contribution in [0.25, 0.3) is 0 Å². The lowest BCUT2D eigenvalue weighted by Crippen LogP contribution is -2.17. The van der Waals surface area contributed by atoms with E-state index in [4.69, 9.17) is 5.73 Å². The van der Waals surface area contributed by atoms with E-state index in [1.54, 1.807) is 0 Å². The second kappa shape index (κ2) is 4.68. The van der Waals surface area contributed by atoms with E-state index in [9.17, 15) is 26.3 Å². The molecule has 0 unspecified atom stereocenters. The van der Waals surface area contributed by atoms with E-state index in [0.717, 1.165) is 7.11 Å². The molecule has 0 amide bonds. The zero-order valence-corrected chi connectivity index (χ0v) is 9.12. The summed E-state index contributed by atoms with van der Waals surface area (Å²) < 4.78 is 79.9. The maximum Gasteiger partial charge on any atom is 0.419 e. The average Bonchev–Trinajstić information content (AvgIpc) is 2.24. The number of rotatable bonds is 2. The Morgan fingerprint density at radius 2 is 1.44 bits per heavy atom. The van der Waals surface area contributed by atoms with E-state index >= 15 is 0 Å². The van der Waals surface area contributed by atoms with Crippen molar-refractivity contribution in [1.29, 1.82) is 0 Å². The standard InChI is InChI=1S/C10H9F6NO/c1-18-8-5(4-17)6(9(11,12)13)2-3-7(8)10(14,15)16/h2-3H,4,17H2,1H3. The SMILES string of the molecule is COc1c(C(F)(F)F)ccc(C(F)(F)F)c1CN. The number of alkyl halides is 6. The van der Waals surface area contributed by atoms with Gasteiger partial charge in [0, 0.05) is 12.1 Å². The Labute approximate surface area is 98.3 Å². The first-order valence-corrected chi connectivity index (χ1v) is 4.67. The summed E-state index contributed by atoms with van der Waals surface area (Å²) in [6.07, 6.45) is -9.59. The van der Waals surface area contributed by atoms with Crippen molar-refractivity contribution in [2.24, 2.45) is 5.73 Å². The molecule has 0 saturated heterocycles. The number of methoxy groups -OCH3 is 1. The molecule has 0 aromatic heterocycles. The van der Waals surface area contributed by atoms with Crippen LogP contribution in [0, 0.1) is 0 Å². The van der Waals surface area contributed by atoms with Gasteiger partial charge in [0.05, 0.1) is 18.2 Å². The van der Waals surface area contributed by atoms with Crippen molar-refractivity contribution in [3.63, 3.8) is 0 Å². The van der Waals surface area contributed by atoms with Gasteiger partial charge in [-0.3, -0.25) is 0 Å². The quantitative estimate of drug-likeness (QED) is 0.840. The third-order valence-corrected chi connectivity index (χ3v) is 2.28. The maximum absolute atomic E-state index is 12.6. The van der Waals surface area contributed by atoms with Crippen molar-refractivity contribution in [3.05, 3.63) is 28.8 Å². The van der Waals surface area contributed by atoms with Gasteiger partial charge >= 0.3 is 12.4 Å². The molecule has 0 saturated carbocycles. The molecule has 0 aliphatic rings. The van der Waals surface area contributed by atoms with Gasteiger partial charge in [0.1, 0.15) is 5.75 Å². The Balaban J connectivity index is 3.57. The van der Waals surface area contributed by atoms with Gasteiger partial charge in [0.15, 0.2) is 0 Å². The van der Waals surface area contributed by atoms with Crippen molar-refractivity contribution in [2.75, 3.05) is 7.11 Å². The fourth-order valence-corrected chi connectivity index (χ4v) is 1.55. The third kappa shape index (κ3) is 2.69. The van der Waals surface area contributed by atoms with Gasteiger partial charge in [-0.2, -0.15) is 26.3 Å². The van der Waals surface area contributed by atoms with Crippen LogP contribution < -0.4 is 10.5 Å². The molecule has 1 aromatic carbocycles. The fraction of sp³-hybridized carbons (Fsp3) is 0.400. The lowest BCUT2D eigenvalue weighted by molar-refractivity contribution is -0.142. The van der Waals surface area contributed by atoms with Crippen LogP contribution in [0.5, 0.6) is 5.75 Å². The molecule has 1 rings (SSSR count). The van der Waals surface area contributed by atoms with Gasteiger partial charge in [0.2, 0.25) is 0 Å². The first-order chi connectivity index (χ1) is 8.12. The summed E-state index contributed by atoms with van der Waals surface area (Å²) in [5, 5.41) is 0. The highest BCUT2D eigenvalue weighted by molar-refractivity contribution is 5.49. The van der Waals surface area contributed by atoms with E-state index in [2.05, 4.69) is 4.74 Å². The highest BCUT2D eigenvalue weighted by atomic mass is 19.4. The van der Waals surface area contributed by atoms with E-state index in [1.807, 2.05) is 0 Å². The van der Waals surface area contributed by atoms with Crippen LogP contribution in [-0.4, -0.2) is 7.11 Å². The Morgan fingerprint density at radius 1 is 1.00 bits per heavy atom. The molecule has 102 valence electrons. The topological polar surface area (TPSA) is 35.2 Å². The van der Waals surface area contributed by atoms with Gasteiger partial charge in [-0.25, -0.2) is 0 Å². The van der Waals surface area contributed by atoms with Crippen molar-refractivity contribution in [3.8, 4) is 5.75 Å². The fourth-order valence-electron chi connectivity index (χ4n) is 1.55. The number of benzene rings is 1. The number of nitrogens with two attached hydrogens (primary N) is 1. The van der Waals surface area contributed by atoms with Crippen molar-refractivity contribution < 1.29 is 31.1 Å². The Kier molecular flexibility index (Phi) is 3.80. The number of halogens is 6. The lowest BCUT2D eigenvalue weighted by Gasteiger charge is -2.19. The van der Waals surface area contributed by atoms with Gasteiger partial charge in [-0.05, 0) is 12.1 Å². The van der Waals surface area contributed by atoms with E-state index < -0.39 is 41.3 Å². The molecule has 0 atom stereocenters. The molecule has 18 heavy (non-hydrogen) atoms. The van der Waals surface area contributed by atoms with E-state index in [0.29, 0.717) is 12.1 Å². The summed E-state index contributed by atoms with van der Waals surface area (Å²) in [7, 11) is 0.865. The zero-order chi connectivity index (χ0) is 14.1. The predicted octanol–water partition coefficient (Wildman–Crippen LogP) is 3.19. The van der Waals surface area contributed by atoms with Crippen LogP contribution in [0.4, 0.5) is 26.3 Å². The van der Waals surface area contributed by atoms with Crippen LogP contribution in [0.1, 0.15) is 16.7 Å². The third-order valence-electron chi connectivity index (χ3n) is 2.28. The normalized spacial score (nSPS) is 12.7. The first-order valence-electron chi connectivity index (χ1n) is 4.67. The molecule has 0 spiro atoms. The first kappa shape index (κ1) is 14.6. The van der Waals surface area contributed by atoms with Crippen LogP contribution in [0.15, 0.2) is 12.1 Å². The maximum atomic E-state index is 12.6. The van der Waals surface area contributed by atoms with Crippen LogP contribution >= 0.6 is 0 Å². The second-order valence-corrected chi connectivity index (χ2v) is 3.37. The Bertz CT molecular complexity index is 396. The zero-order valence-electron chi connectivity index (χ0n) is 9.12. The molecule has 0 heterocycles. The highest BCUT2D eigenvalue weighted by Gasteiger charge is 2.40. The summed E-state index contributed by atoms with van der Waals surface area (Å²) >= 11 is 0. The average molecular weight is 273 g/mol. The van der Waals surface area contributed by atoms with E-state index in [-0.39, 0.29) is 0 Å². The molecule has 2 nitrogen and oxygen atoms in total. The minimum absolute atomic E-state index is 0.334.